The van der Waals surface area contributed by atoms with Crippen LogP contribution in [0.4, 0.5) is 17.3 Å². The minimum absolute atomic E-state index is 0.515. The molecule has 0 aliphatic rings. The molecule has 0 saturated carbocycles. The highest BCUT2D eigenvalue weighted by Gasteiger charge is 2.09. The molecule has 2 rings (SSSR count). The van der Waals surface area contributed by atoms with E-state index >= 15 is 0 Å². The lowest BCUT2D eigenvalue weighted by molar-refractivity contribution is 1.12. The fraction of sp³-hybridized carbons (Fsp3) is 0. The van der Waals surface area contributed by atoms with Gasteiger partial charge in [-0.25, -0.2) is 15.8 Å². The van der Waals surface area contributed by atoms with Crippen molar-refractivity contribution < 1.29 is 0 Å². The van der Waals surface area contributed by atoms with Crippen LogP contribution in [0.5, 0.6) is 0 Å². The summed E-state index contributed by atoms with van der Waals surface area (Å²) in [5, 5.41) is 3.18. The summed E-state index contributed by atoms with van der Waals surface area (Å²) in [5.41, 5.74) is 3.38. The van der Waals surface area contributed by atoms with Gasteiger partial charge in [-0.1, -0.05) is 15.9 Å². The largest absolute Gasteiger partial charge is 0.338 e. The number of benzene rings is 1. The number of anilines is 3. The molecule has 0 fully saturated rings. The van der Waals surface area contributed by atoms with Crippen molar-refractivity contribution in [3.63, 3.8) is 0 Å². The minimum Gasteiger partial charge on any atom is -0.338 e. The number of hydrogen-bond donors (Lipinski definition) is 3. The molecule has 1 aromatic carbocycles. The van der Waals surface area contributed by atoms with E-state index in [1.54, 1.807) is 0 Å². The van der Waals surface area contributed by atoms with Crippen molar-refractivity contribution in [2.24, 2.45) is 5.84 Å². The molecule has 94 valence electrons. The molecule has 18 heavy (non-hydrogen) atoms. The molecule has 1 aromatic heterocycles. The molecule has 0 radical (unpaired) electrons. The van der Waals surface area contributed by atoms with Gasteiger partial charge in [0.25, 0.3) is 0 Å². The van der Waals surface area contributed by atoms with Crippen LogP contribution < -0.4 is 16.6 Å². The lowest BCUT2D eigenvalue weighted by Gasteiger charge is -2.11. The maximum Gasteiger partial charge on any atom is 0.159 e. The first kappa shape index (κ1) is 13.7. The van der Waals surface area contributed by atoms with E-state index in [2.05, 4.69) is 68.5 Å². The van der Waals surface area contributed by atoms with Crippen LogP contribution in [-0.4, -0.2) is 9.97 Å². The molecule has 4 N–H and O–H groups in total. The Bertz CT molecular complexity index is 575. The predicted octanol–water partition coefficient (Wildman–Crippen LogP) is 3.79. The topological polar surface area (TPSA) is 75.9 Å². The number of halogens is 3. The van der Waals surface area contributed by atoms with Crippen LogP contribution in [-0.2, 0) is 0 Å². The molecule has 0 saturated heterocycles. The predicted molar refractivity (Wildman–Crippen MR) is 82.7 cm³/mol. The highest BCUT2D eigenvalue weighted by atomic mass is 79.9. The van der Waals surface area contributed by atoms with Gasteiger partial charge in [0.2, 0.25) is 0 Å². The number of nitrogens with one attached hydrogen (secondary N) is 2. The van der Waals surface area contributed by atoms with Gasteiger partial charge in [-0.3, -0.25) is 0 Å². The number of nitrogen functional groups attached to an aromatic ring is 1. The summed E-state index contributed by atoms with van der Waals surface area (Å²) in [7, 11) is 0. The molecule has 0 unspecified atom stereocenters. The molecule has 8 heteroatoms. The van der Waals surface area contributed by atoms with Gasteiger partial charge in [0, 0.05) is 8.95 Å². The average molecular weight is 438 g/mol. The number of nitrogens with two attached hydrogens (primary N) is 1. The minimum atomic E-state index is 0.515. The van der Waals surface area contributed by atoms with Crippen LogP contribution >= 0.6 is 47.8 Å². The third kappa shape index (κ3) is 3.00. The van der Waals surface area contributed by atoms with Gasteiger partial charge in [-0.2, -0.15) is 0 Å². The maximum absolute atomic E-state index is 5.35. The van der Waals surface area contributed by atoms with Crippen molar-refractivity contribution >= 4 is 65.1 Å². The molecule has 5 nitrogen and oxygen atoms in total. The molecule has 0 amide bonds. The van der Waals surface area contributed by atoms with Crippen LogP contribution in [0.1, 0.15) is 0 Å². The quantitative estimate of drug-likeness (QED) is 0.503. The van der Waals surface area contributed by atoms with Crippen molar-refractivity contribution in [1.82, 2.24) is 9.97 Å². The van der Waals surface area contributed by atoms with Gasteiger partial charge < -0.3 is 10.7 Å². The summed E-state index contributed by atoms with van der Waals surface area (Å²) in [6.07, 6.45) is 1.43. The molecular weight excluding hydrogens is 430 g/mol. The smallest absolute Gasteiger partial charge is 0.159 e. The molecule has 1 heterocycles. The van der Waals surface area contributed by atoms with Crippen LogP contribution in [0.25, 0.3) is 0 Å². The Morgan fingerprint density at radius 1 is 1.06 bits per heavy atom. The summed E-state index contributed by atoms with van der Waals surface area (Å²) in [5.74, 6) is 6.49. The van der Waals surface area contributed by atoms with E-state index in [9.17, 15) is 0 Å². The number of nitrogens with zero attached hydrogens (tertiary/aromatic N) is 2. The fourth-order valence-corrected chi connectivity index (χ4v) is 2.84. The highest BCUT2D eigenvalue weighted by molar-refractivity contribution is 9.11. The van der Waals surface area contributed by atoms with Gasteiger partial charge in [0.15, 0.2) is 5.82 Å². The zero-order valence-electron chi connectivity index (χ0n) is 8.92. The zero-order valence-corrected chi connectivity index (χ0v) is 13.7. The third-order valence-corrected chi connectivity index (χ3v) is 4.01. The number of aromatic nitrogens is 2. The molecule has 0 atom stereocenters. The maximum atomic E-state index is 5.35. The van der Waals surface area contributed by atoms with Crippen LogP contribution in [0, 0.1) is 0 Å². The Labute approximate surface area is 129 Å². The molecule has 0 spiro atoms. The normalized spacial score (nSPS) is 10.2. The van der Waals surface area contributed by atoms with E-state index in [-0.39, 0.29) is 0 Å². The second-order valence-corrected chi connectivity index (χ2v) is 5.84. The van der Waals surface area contributed by atoms with Crippen molar-refractivity contribution in [3.05, 3.63) is 37.9 Å². The average Bonchev–Trinajstić information content (AvgIpc) is 2.35. The summed E-state index contributed by atoms with van der Waals surface area (Å²) >= 11 is 10.3. The Kier molecular flexibility index (Phi) is 4.55. The van der Waals surface area contributed by atoms with E-state index < -0.39 is 0 Å². The summed E-state index contributed by atoms with van der Waals surface area (Å²) in [4.78, 5) is 8.13. The van der Waals surface area contributed by atoms with E-state index in [1.807, 2.05) is 18.2 Å². The Hall–Kier alpha value is -0.700. The second kappa shape index (κ2) is 5.96. The van der Waals surface area contributed by atoms with E-state index in [4.69, 9.17) is 5.84 Å². The van der Waals surface area contributed by atoms with Crippen molar-refractivity contribution in [1.29, 1.82) is 0 Å². The summed E-state index contributed by atoms with van der Waals surface area (Å²) < 4.78 is 2.58. The Morgan fingerprint density at radius 3 is 2.44 bits per heavy atom. The lowest BCUT2D eigenvalue weighted by Crippen LogP contribution is -2.10. The summed E-state index contributed by atoms with van der Waals surface area (Å²) in [6, 6.07) is 5.81. The lowest BCUT2D eigenvalue weighted by atomic mass is 10.3. The molecule has 0 aliphatic carbocycles. The monoisotopic (exact) mass is 435 g/mol. The SMILES string of the molecule is NNc1ncnc(Nc2ccc(Br)cc2Br)c1Br. The van der Waals surface area contributed by atoms with E-state index in [1.165, 1.54) is 6.33 Å². The van der Waals surface area contributed by atoms with Gasteiger partial charge in [-0.05, 0) is 50.1 Å². The molecule has 2 aromatic rings. The summed E-state index contributed by atoms with van der Waals surface area (Å²) in [6.45, 7) is 0. The first-order chi connectivity index (χ1) is 8.61. The van der Waals surface area contributed by atoms with Gasteiger partial charge in [0.05, 0.1) is 5.69 Å². The van der Waals surface area contributed by atoms with Gasteiger partial charge in [-0.15, -0.1) is 0 Å². The molecule has 0 aliphatic heterocycles. The second-order valence-electron chi connectivity index (χ2n) is 3.28. The van der Waals surface area contributed by atoms with Gasteiger partial charge >= 0.3 is 0 Å². The third-order valence-electron chi connectivity index (χ3n) is 2.11. The molecule has 0 bridgehead atoms. The fourth-order valence-electron chi connectivity index (χ4n) is 1.28. The number of hydrazine groups is 1. The van der Waals surface area contributed by atoms with E-state index in [0.717, 1.165) is 14.6 Å². The van der Waals surface area contributed by atoms with Crippen molar-refractivity contribution in [2.75, 3.05) is 10.7 Å². The Morgan fingerprint density at radius 2 is 1.78 bits per heavy atom. The van der Waals surface area contributed by atoms with E-state index in [0.29, 0.717) is 16.1 Å². The standard InChI is InChI=1S/C10H8Br3N5/c11-5-1-2-7(6(12)3-5)17-9-8(13)10(18-14)16-4-15-9/h1-4H,14H2,(H2,15,16,17,18). The van der Waals surface area contributed by atoms with Gasteiger partial charge in [0.1, 0.15) is 16.6 Å². The first-order valence-corrected chi connectivity index (χ1v) is 7.19. The number of hydrogen-bond acceptors (Lipinski definition) is 5. The Balaban J connectivity index is 2.34. The van der Waals surface area contributed by atoms with Crippen LogP contribution in [0.3, 0.4) is 0 Å². The van der Waals surface area contributed by atoms with Crippen molar-refractivity contribution in [2.45, 2.75) is 0 Å². The first-order valence-electron chi connectivity index (χ1n) is 4.81. The molecular formula is C10H8Br3N5. The zero-order chi connectivity index (χ0) is 13.1. The highest BCUT2D eigenvalue weighted by Crippen LogP contribution is 2.32. The van der Waals surface area contributed by atoms with Crippen molar-refractivity contribution in [3.8, 4) is 0 Å². The number of rotatable bonds is 3. The van der Waals surface area contributed by atoms with Crippen LogP contribution in [0.2, 0.25) is 0 Å². The van der Waals surface area contributed by atoms with Crippen LogP contribution in [0.15, 0.2) is 37.9 Å².